The Labute approximate surface area is 147 Å². The van der Waals surface area contributed by atoms with E-state index in [0.717, 1.165) is 5.56 Å². The maximum absolute atomic E-state index is 12.2. The van der Waals surface area contributed by atoms with Crippen LogP contribution in [0.5, 0.6) is 17.2 Å². The quantitative estimate of drug-likeness (QED) is 0.783. The van der Waals surface area contributed by atoms with E-state index in [-0.39, 0.29) is 11.9 Å². The molecule has 0 radical (unpaired) electrons. The molecule has 0 aliphatic rings. The highest BCUT2D eigenvalue weighted by atomic mass is 16.5. The largest absolute Gasteiger partial charge is 0.496 e. The van der Waals surface area contributed by atoms with Crippen molar-refractivity contribution in [2.75, 3.05) is 21.3 Å². The van der Waals surface area contributed by atoms with Gasteiger partial charge in [-0.1, -0.05) is 6.07 Å². The summed E-state index contributed by atoms with van der Waals surface area (Å²) in [6, 6.07) is 7.08. The average Bonchev–Trinajstić information content (AvgIpc) is 2.66. The summed E-state index contributed by atoms with van der Waals surface area (Å²) in [6.45, 7) is 1.90. The van der Waals surface area contributed by atoms with Crippen LogP contribution < -0.4 is 19.5 Å². The first-order valence-electron chi connectivity index (χ1n) is 7.77. The number of benzene rings is 1. The van der Waals surface area contributed by atoms with Gasteiger partial charge in [0.2, 0.25) is 5.91 Å². The van der Waals surface area contributed by atoms with E-state index >= 15 is 0 Å². The van der Waals surface area contributed by atoms with Crippen molar-refractivity contribution in [3.05, 3.63) is 53.9 Å². The van der Waals surface area contributed by atoms with Crippen LogP contribution >= 0.6 is 0 Å². The molecule has 2 rings (SSSR count). The van der Waals surface area contributed by atoms with E-state index in [2.05, 4.69) is 10.3 Å². The van der Waals surface area contributed by atoms with Gasteiger partial charge in [-0.15, -0.1) is 0 Å². The van der Waals surface area contributed by atoms with Gasteiger partial charge in [0.05, 0.1) is 27.4 Å². The molecule has 1 N–H and O–H groups in total. The zero-order chi connectivity index (χ0) is 18.2. The highest BCUT2D eigenvalue weighted by molar-refractivity contribution is 5.92. The number of ether oxygens (including phenoxy) is 3. The van der Waals surface area contributed by atoms with Gasteiger partial charge < -0.3 is 19.5 Å². The third-order valence-electron chi connectivity index (χ3n) is 3.69. The number of pyridine rings is 1. The number of amides is 1. The summed E-state index contributed by atoms with van der Waals surface area (Å²) >= 11 is 0. The lowest BCUT2D eigenvalue weighted by molar-refractivity contribution is -0.117. The molecule has 0 bridgehead atoms. The van der Waals surface area contributed by atoms with Crippen LogP contribution in [0.4, 0.5) is 0 Å². The first-order chi connectivity index (χ1) is 12.1. The molecule has 6 heteroatoms. The highest BCUT2D eigenvalue weighted by Crippen LogP contribution is 2.35. The lowest BCUT2D eigenvalue weighted by Gasteiger charge is -2.13. The topological polar surface area (TPSA) is 69.7 Å². The minimum atomic E-state index is -0.215. The van der Waals surface area contributed by atoms with E-state index < -0.39 is 0 Å². The summed E-state index contributed by atoms with van der Waals surface area (Å²) < 4.78 is 15.9. The van der Waals surface area contributed by atoms with Gasteiger partial charge in [-0.2, -0.15) is 0 Å². The molecule has 1 unspecified atom stereocenters. The lowest BCUT2D eigenvalue weighted by atomic mass is 10.1. The summed E-state index contributed by atoms with van der Waals surface area (Å²) in [4.78, 5) is 16.2. The van der Waals surface area contributed by atoms with Crippen LogP contribution in [0.25, 0.3) is 6.08 Å². The molecule has 2 aromatic rings. The van der Waals surface area contributed by atoms with Crippen molar-refractivity contribution in [2.24, 2.45) is 0 Å². The van der Waals surface area contributed by atoms with Crippen molar-refractivity contribution >= 4 is 12.0 Å². The second-order valence-electron chi connectivity index (χ2n) is 5.30. The summed E-state index contributed by atoms with van der Waals surface area (Å²) in [5.74, 6) is 1.49. The Kier molecular flexibility index (Phi) is 6.39. The molecule has 0 aliphatic carbocycles. The van der Waals surface area contributed by atoms with Crippen LogP contribution in [0.3, 0.4) is 0 Å². The second-order valence-corrected chi connectivity index (χ2v) is 5.30. The molecule has 1 amide bonds. The van der Waals surface area contributed by atoms with E-state index in [9.17, 15) is 4.79 Å². The van der Waals surface area contributed by atoms with Crippen molar-refractivity contribution in [2.45, 2.75) is 13.0 Å². The molecule has 1 heterocycles. The molecule has 132 valence electrons. The van der Waals surface area contributed by atoms with Crippen molar-refractivity contribution in [1.29, 1.82) is 0 Å². The van der Waals surface area contributed by atoms with Gasteiger partial charge in [-0.3, -0.25) is 9.78 Å². The second kappa shape index (κ2) is 8.73. The van der Waals surface area contributed by atoms with Crippen LogP contribution in [-0.2, 0) is 4.79 Å². The van der Waals surface area contributed by atoms with Crippen molar-refractivity contribution in [3.8, 4) is 17.2 Å². The number of aromatic nitrogens is 1. The van der Waals surface area contributed by atoms with Gasteiger partial charge in [0.25, 0.3) is 0 Å². The number of carbonyl (C=O) groups excluding carboxylic acids is 1. The van der Waals surface area contributed by atoms with Crippen LogP contribution in [0.2, 0.25) is 0 Å². The molecule has 1 aromatic heterocycles. The minimum Gasteiger partial charge on any atom is -0.496 e. The van der Waals surface area contributed by atoms with Gasteiger partial charge >= 0.3 is 0 Å². The number of hydrogen-bond acceptors (Lipinski definition) is 5. The lowest BCUT2D eigenvalue weighted by Crippen LogP contribution is -2.24. The van der Waals surface area contributed by atoms with Crippen LogP contribution in [0, 0.1) is 0 Å². The first-order valence-corrected chi connectivity index (χ1v) is 7.77. The number of hydrogen-bond donors (Lipinski definition) is 1. The van der Waals surface area contributed by atoms with Crippen LogP contribution in [-0.4, -0.2) is 32.2 Å². The fraction of sp³-hybridized carbons (Fsp3) is 0.263. The highest BCUT2D eigenvalue weighted by Gasteiger charge is 2.11. The Bertz CT molecular complexity index is 745. The number of rotatable bonds is 7. The zero-order valence-corrected chi connectivity index (χ0v) is 14.8. The molecule has 0 aliphatic heterocycles. The first kappa shape index (κ1) is 18.3. The monoisotopic (exact) mass is 342 g/mol. The Morgan fingerprint density at radius 1 is 1.12 bits per heavy atom. The fourth-order valence-electron chi connectivity index (χ4n) is 2.33. The molecule has 0 spiro atoms. The molecule has 1 atom stereocenters. The van der Waals surface area contributed by atoms with Crippen LogP contribution in [0.15, 0.2) is 42.7 Å². The average molecular weight is 342 g/mol. The van der Waals surface area contributed by atoms with Gasteiger partial charge in [-0.25, -0.2) is 0 Å². The predicted molar refractivity (Wildman–Crippen MR) is 95.9 cm³/mol. The van der Waals surface area contributed by atoms with E-state index in [0.29, 0.717) is 22.8 Å². The van der Waals surface area contributed by atoms with Crippen LogP contribution in [0.1, 0.15) is 24.1 Å². The number of nitrogens with one attached hydrogen (secondary N) is 1. The Hall–Kier alpha value is -3.02. The normalized spacial score (nSPS) is 11.8. The smallest absolute Gasteiger partial charge is 0.244 e. The number of carbonyl (C=O) groups is 1. The van der Waals surface area contributed by atoms with Crippen molar-refractivity contribution < 1.29 is 19.0 Å². The predicted octanol–water partition coefficient (Wildman–Crippen LogP) is 3.00. The van der Waals surface area contributed by atoms with Gasteiger partial charge in [0.1, 0.15) is 5.75 Å². The molecular weight excluding hydrogens is 320 g/mol. The van der Waals surface area contributed by atoms with Gasteiger partial charge in [0, 0.05) is 30.1 Å². The standard InChI is InChI=1S/C19H22N2O4/c1-13(15-6-5-9-20-12-15)21-19(22)8-7-14-10-17(24-3)18(25-4)11-16(14)23-2/h5-13H,1-4H3,(H,21,22)/b8-7+. The van der Waals surface area contributed by atoms with Crippen molar-refractivity contribution in [1.82, 2.24) is 10.3 Å². The minimum absolute atomic E-state index is 0.141. The summed E-state index contributed by atoms with van der Waals surface area (Å²) in [7, 11) is 4.67. The SMILES string of the molecule is COc1cc(OC)c(OC)cc1/C=C/C(=O)NC(C)c1cccnc1. The molecule has 25 heavy (non-hydrogen) atoms. The van der Waals surface area contributed by atoms with E-state index in [1.807, 2.05) is 19.1 Å². The van der Waals surface area contributed by atoms with E-state index in [1.165, 1.54) is 6.08 Å². The molecule has 1 aromatic carbocycles. The maximum atomic E-state index is 12.2. The molecule has 0 fully saturated rings. The summed E-state index contributed by atoms with van der Waals surface area (Å²) in [5.41, 5.74) is 1.65. The van der Waals surface area contributed by atoms with Gasteiger partial charge in [0.15, 0.2) is 11.5 Å². The molecule has 0 saturated carbocycles. The Balaban J connectivity index is 2.13. The molecule has 0 saturated heterocycles. The molecule has 6 nitrogen and oxygen atoms in total. The Morgan fingerprint density at radius 3 is 2.40 bits per heavy atom. The zero-order valence-electron chi connectivity index (χ0n) is 14.8. The van der Waals surface area contributed by atoms with E-state index in [4.69, 9.17) is 14.2 Å². The van der Waals surface area contributed by atoms with Gasteiger partial charge in [-0.05, 0) is 30.7 Å². The van der Waals surface area contributed by atoms with E-state index in [1.54, 1.807) is 51.9 Å². The molecular formula is C19H22N2O4. The number of methoxy groups -OCH3 is 3. The third kappa shape index (κ3) is 4.73. The summed E-state index contributed by atoms with van der Waals surface area (Å²) in [6.07, 6.45) is 6.55. The maximum Gasteiger partial charge on any atom is 0.244 e. The Morgan fingerprint density at radius 2 is 1.80 bits per heavy atom. The number of nitrogens with zero attached hydrogens (tertiary/aromatic N) is 1. The summed E-state index contributed by atoms with van der Waals surface area (Å²) in [5, 5.41) is 2.89. The fourth-order valence-corrected chi connectivity index (χ4v) is 2.33. The third-order valence-corrected chi connectivity index (χ3v) is 3.69. The van der Waals surface area contributed by atoms with Crippen molar-refractivity contribution in [3.63, 3.8) is 0 Å².